The fraction of sp³-hybridized carbons (Fsp3) is 0.895. The molecular weight excluding hydrogens is 322 g/mol. The normalized spacial score (nSPS) is 45.5. The smallest absolute Gasteiger partial charge is 0.312 e. The summed E-state index contributed by atoms with van der Waals surface area (Å²) in [4.78, 5) is 27.0. The Balaban J connectivity index is 1.37. The summed E-state index contributed by atoms with van der Waals surface area (Å²) < 4.78 is 11.1. The quantitative estimate of drug-likeness (QED) is 0.780. The summed E-state index contributed by atoms with van der Waals surface area (Å²) in [6.07, 6.45) is 4.89. The Hall–Kier alpha value is -1.14. The largest absolute Gasteiger partial charge is 0.455 e. The van der Waals surface area contributed by atoms with Crippen LogP contribution < -0.4 is 0 Å². The van der Waals surface area contributed by atoms with E-state index < -0.39 is 11.0 Å². The zero-order valence-corrected chi connectivity index (χ0v) is 15.2. The predicted molar refractivity (Wildman–Crippen MR) is 89.6 cm³/mol. The number of hydrogen-bond donors (Lipinski definition) is 1. The average Bonchev–Trinajstić information content (AvgIpc) is 2.48. The zero-order valence-electron chi connectivity index (χ0n) is 15.2. The van der Waals surface area contributed by atoms with E-state index in [2.05, 4.69) is 0 Å². The van der Waals surface area contributed by atoms with Gasteiger partial charge in [-0.15, -0.1) is 0 Å². The summed E-state index contributed by atoms with van der Waals surface area (Å²) in [6.45, 7) is 4.76. The van der Waals surface area contributed by atoms with Gasteiger partial charge in [0.25, 0.3) is 5.91 Å². The van der Waals surface area contributed by atoms with Gasteiger partial charge in [-0.3, -0.25) is 9.59 Å². The molecule has 1 heterocycles. The van der Waals surface area contributed by atoms with Crippen LogP contribution in [-0.2, 0) is 19.1 Å². The van der Waals surface area contributed by atoms with Crippen LogP contribution >= 0.6 is 0 Å². The lowest BCUT2D eigenvalue weighted by molar-refractivity contribution is -0.197. The first kappa shape index (κ1) is 17.3. The highest BCUT2D eigenvalue weighted by Crippen LogP contribution is 2.61. The molecule has 25 heavy (non-hydrogen) atoms. The van der Waals surface area contributed by atoms with Crippen LogP contribution in [0.2, 0.25) is 0 Å². The van der Waals surface area contributed by atoms with E-state index in [4.69, 9.17) is 9.47 Å². The molecule has 5 fully saturated rings. The maximum atomic E-state index is 12.8. The van der Waals surface area contributed by atoms with Gasteiger partial charge in [-0.05, 0) is 64.2 Å². The lowest BCUT2D eigenvalue weighted by Gasteiger charge is -2.58. The molecule has 5 aliphatic rings. The lowest BCUT2D eigenvalue weighted by Crippen LogP contribution is -2.58. The number of amides is 1. The second kappa shape index (κ2) is 5.95. The van der Waals surface area contributed by atoms with E-state index in [-0.39, 0.29) is 30.7 Å². The molecule has 0 radical (unpaired) electrons. The third-order valence-electron chi connectivity index (χ3n) is 6.56. The molecule has 4 bridgehead atoms. The van der Waals surface area contributed by atoms with Gasteiger partial charge in [0.05, 0.1) is 23.2 Å². The van der Waals surface area contributed by atoms with Gasteiger partial charge in [-0.1, -0.05) is 0 Å². The van der Waals surface area contributed by atoms with Crippen molar-refractivity contribution in [2.24, 2.45) is 17.3 Å². The molecule has 0 aromatic rings. The number of carbonyl (C=O) groups excluding carboxylic acids is 2. The number of hydrogen-bond acceptors (Lipinski definition) is 5. The summed E-state index contributed by atoms with van der Waals surface area (Å²) in [7, 11) is 0. The Morgan fingerprint density at radius 3 is 2.28 bits per heavy atom. The van der Waals surface area contributed by atoms with Crippen LogP contribution in [0.25, 0.3) is 0 Å². The van der Waals surface area contributed by atoms with E-state index >= 15 is 0 Å². The van der Waals surface area contributed by atoms with E-state index in [0.29, 0.717) is 31.3 Å². The van der Waals surface area contributed by atoms with Crippen molar-refractivity contribution in [3.8, 4) is 0 Å². The van der Waals surface area contributed by atoms with Gasteiger partial charge in [0.15, 0.2) is 6.61 Å². The van der Waals surface area contributed by atoms with Gasteiger partial charge in [0.1, 0.15) is 0 Å². The van der Waals surface area contributed by atoms with Crippen molar-refractivity contribution in [3.05, 3.63) is 0 Å². The molecule has 5 rings (SSSR count). The molecule has 0 aromatic carbocycles. The summed E-state index contributed by atoms with van der Waals surface area (Å²) in [5.74, 6) is 0.424. The van der Waals surface area contributed by atoms with Gasteiger partial charge in [0, 0.05) is 13.1 Å². The predicted octanol–water partition coefficient (Wildman–Crippen LogP) is 1.50. The van der Waals surface area contributed by atoms with E-state index in [1.807, 2.05) is 13.8 Å². The molecule has 0 spiro atoms. The van der Waals surface area contributed by atoms with Gasteiger partial charge in [0.2, 0.25) is 0 Å². The number of nitrogens with zero attached hydrogens (tertiary/aromatic N) is 1. The van der Waals surface area contributed by atoms with Crippen LogP contribution in [0.3, 0.4) is 0 Å². The lowest BCUT2D eigenvalue weighted by atomic mass is 9.48. The number of ether oxygens (including phenoxy) is 2. The number of esters is 1. The van der Waals surface area contributed by atoms with Gasteiger partial charge >= 0.3 is 5.97 Å². The topological polar surface area (TPSA) is 76.1 Å². The van der Waals surface area contributed by atoms with Crippen LogP contribution in [0.1, 0.15) is 52.4 Å². The maximum absolute atomic E-state index is 12.8. The summed E-state index contributed by atoms with van der Waals surface area (Å²) in [5, 5.41) is 10.8. The Morgan fingerprint density at radius 1 is 1.12 bits per heavy atom. The fourth-order valence-electron chi connectivity index (χ4n) is 6.21. The highest BCUT2D eigenvalue weighted by molar-refractivity contribution is 5.83. The molecule has 1 N–H and O–H groups in total. The third-order valence-corrected chi connectivity index (χ3v) is 6.56. The number of rotatable bonds is 3. The molecule has 140 valence electrons. The third kappa shape index (κ3) is 3.19. The van der Waals surface area contributed by atoms with Crippen molar-refractivity contribution in [1.82, 2.24) is 4.90 Å². The first-order chi connectivity index (χ1) is 11.8. The van der Waals surface area contributed by atoms with Crippen LogP contribution in [0.5, 0.6) is 0 Å². The Labute approximate surface area is 148 Å². The minimum Gasteiger partial charge on any atom is -0.455 e. The van der Waals surface area contributed by atoms with Crippen LogP contribution in [0.15, 0.2) is 0 Å². The fourth-order valence-corrected chi connectivity index (χ4v) is 6.21. The second-order valence-corrected chi connectivity index (χ2v) is 9.10. The van der Waals surface area contributed by atoms with Crippen molar-refractivity contribution in [2.45, 2.75) is 70.2 Å². The maximum Gasteiger partial charge on any atom is 0.312 e. The van der Waals surface area contributed by atoms with Crippen LogP contribution in [-0.4, -0.2) is 59.4 Å². The SMILES string of the molecule is C[C@@H]1CN(C(=O)COC(=O)C23C[C@@H]4C[C@H](CC(O)(C4)C2)C3)C[C@H](C)O1. The summed E-state index contributed by atoms with van der Waals surface area (Å²) in [6, 6.07) is 0. The average molecular weight is 351 g/mol. The molecule has 6 heteroatoms. The Bertz CT molecular complexity index is 552. The van der Waals surface area contributed by atoms with Crippen LogP contribution in [0.4, 0.5) is 0 Å². The van der Waals surface area contributed by atoms with Gasteiger partial charge < -0.3 is 19.5 Å². The van der Waals surface area contributed by atoms with Crippen molar-refractivity contribution >= 4 is 11.9 Å². The van der Waals surface area contributed by atoms with E-state index in [0.717, 1.165) is 32.1 Å². The van der Waals surface area contributed by atoms with E-state index in [9.17, 15) is 14.7 Å². The molecule has 0 unspecified atom stereocenters. The zero-order chi connectivity index (χ0) is 17.8. The van der Waals surface area contributed by atoms with Gasteiger partial charge in [-0.25, -0.2) is 0 Å². The molecule has 4 saturated carbocycles. The Kier molecular flexibility index (Phi) is 4.11. The first-order valence-corrected chi connectivity index (χ1v) is 9.60. The molecule has 4 atom stereocenters. The van der Waals surface area contributed by atoms with Crippen molar-refractivity contribution in [1.29, 1.82) is 0 Å². The number of aliphatic hydroxyl groups is 1. The van der Waals surface area contributed by atoms with E-state index in [1.54, 1.807) is 4.90 Å². The minimum atomic E-state index is -0.692. The van der Waals surface area contributed by atoms with E-state index in [1.165, 1.54) is 0 Å². The first-order valence-electron chi connectivity index (χ1n) is 9.60. The van der Waals surface area contributed by atoms with Crippen molar-refractivity contribution in [3.63, 3.8) is 0 Å². The highest BCUT2D eigenvalue weighted by Gasteiger charge is 2.60. The molecule has 4 aliphatic carbocycles. The molecule has 1 aliphatic heterocycles. The van der Waals surface area contributed by atoms with Gasteiger partial charge in [-0.2, -0.15) is 0 Å². The minimum absolute atomic E-state index is 0.000743. The molecule has 0 aromatic heterocycles. The molecule has 1 amide bonds. The van der Waals surface area contributed by atoms with Crippen molar-refractivity contribution in [2.75, 3.05) is 19.7 Å². The molecule has 1 saturated heterocycles. The molecular formula is C19H29NO5. The Morgan fingerprint density at radius 2 is 1.72 bits per heavy atom. The standard InChI is InChI=1S/C19H29NO5/c1-12-8-20(9-13(2)25-12)16(21)10-24-17(22)18-4-14-3-15(5-18)7-19(23,6-14)11-18/h12-15,23H,3-11H2,1-2H3/t12-,13+,14-,15-,18?,19?/m0/s1. The summed E-state index contributed by atoms with van der Waals surface area (Å²) >= 11 is 0. The van der Waals surface area contributed by atoms with Crippen LogP contribution in [0, 0.1) is 17.3 Å². The second-order valence-electron chi connectivity index (χ2n) is 9.10. The highest BCUT2D eigenvalue weighted by atomic mass is 16.5. The number of carbonyl (C=O) groups is 2. The van der Waals surface area contributed by atoms with Crippen molar-refractivity contribution < 1.29 is 24.2 Å². The summed E-state index contributed by atoms with van der Waals surface area (Å²) in [5.41, 5.74) is -1.26. The monoisotopic (exact) mass is 351 g/mol. The number of morpholine rings is 1. The molecule has 6 nitrogen and oxygen atoms in total.